The van der Waals surface area contributed by atoms with Crippen LogP contribution in [0.2, 0.25) is 0 Å². The van der Waals surface area contributed by atoms with Crippen molar-refractivity contribution in [3.05, 3.63) is 22.4 Å². The lowest BCUT2D eigenvalue weighted by Crippen LogP contribution is -2.35. The van der Waals surface area contributed by atoms with E-state index in [4.69, 9.17) is 0 Å². The Morgan fingerprint density at radius 1 is 1.00 bits per heavy atom. The van der Waals surface area contributed by atoms with Crippen molar-refractivity contribution in [3.63, 3.8) is 0 Å². The number of carbonyl (C=O) groups excluding carboxylic acids is 1. The quantitative estimate of drug-likeness (QED) is 0.505. The zero-order valence-corrected chi connectivity index (χ0v) is 18.0. The van der Waals surface area contributed by atoms with Crippen LogP contribution in [0.3, 0.4) is 0 Å². The van der Waals surface area contributed by atoms with E-state index >= 15 is 0 Å². The molecule has 1 aromatic rings. The summed E-state index contributed by atoms with van der Waals surface area (Å²) in [4.78, 5) is 18.2. The van der Waals surface area contributed by atoms with Gasteiger partial charge in [0.1, 0.15) is 0 Å². The fraction of sp³-hybridized carbons (Fsp3) is 0.783. The van der Waals surface area contributed by atoms with Crippen LogP contribution in [-0.4, -0.2) is 54.9 Å². The van der Waals surface area contributed by atoms with Gasteiger partial charge in [-0.2, -0.15) is 0 Å². The Bertz CT molecular complexity index is 529. The molecule has 1 aromatic heterocycles. The molecule has 152 valence electrons. The van der Waals surface area contributed by atoms with Crippen LogP contribution in [0.1, 0.15) is 74.4 Å². The van der Waals surface area contributed by atoms with E-state index in [-0.39, 0.29) is 0 Å². The second-order valence-electron chi connectivity index (χ2n) is 8.65. The van der Waals surface area contributed by atoms with Gasteiger partial charge >= 0.3 is 0 Å². The Morgan fingerprint density at radius 2 is 1.59 bits per heavy atom. The van der Waals surface area contributed by atoms with Gasteiger partial charge in [-0.15, -0.1) is 11.3 Å². The summed E-state index contributed by atoms with van der Waals surface area (Å²) in [6, 6.07) is 3.92. The van der Waals surface area contributed by atoms with Crippen molar-refractivity contribution >= 4 is 17.1 Å². The van der Waals surface area contributed by atoms with E-state index < -0.39 is 0 Å². The zero-order chi connectivity index (χ0) is 18.9. The van der Waals surface area contributed by atoms with Crippen LogP contribution >= 0.6 is 11.3 Å². The molecule has 0 amide bonds. The predicted molar refractivity (Wildman–Crippen MR) is 116 cm³/mol. The fourth-order valence-electron chi connectivity index (χ4n) is 4.83. The second-order valence-corrected chi connectivity index (χ2v) is 9.60. The highest BCUT2D eigenvalue weighted by molar-refractivity contribution is 7.12. The predicted octanol–water partition coefficient (Wildman–Crippen LogP) is 5.33. The van der Waals surface area contributed by atoms with E-state index in [1.54, 1.807) is 11.3 Å². The van der Waals surface area contributed by atoms with Crippen molar-refractivity contribution in [2.45, 2.75) is 64.7 Å². The summed E-state index contributed by atoms with van der Waals surface area (Å²) in [6.45, 7) is 9.58. The van der Waals surface area contributed by atoms with Gasteiger partial charge in [0.05, 0.1) is 4.88 Å². The average molecular weight is 391 g/mol. The maximum Gasteiger partial charge on any atom is 0.174 e. The smallest absolute Gasteiger partial charge is 0.174 e. The summed E-state index contributed by atoms with van der Waals surface area (Å²) in [5, 5.41) is 1.99. The topological polar surface area (TPSA) is 23.6 Å². The number of Topliss-reactive ketones (excluding diaryl/α,β-unsaturated/α-hetero) is 1. The maximum atomic E-state index is 12.1. The summed E-state index contributed by atoms with van der Waals surface area (Å²) in [5.74, 6) is 2.23. The van der Waals surface area contributed by atoms with Crippen molar-refractivity contribution in [1.82, 2.24) is 9.80 Å². The zero-order valence-electron chi connectivity index (χ0n) is 17.2. The molecule has 0 N–H and O–H groups in total. The van der Waals surface area contributed by atoms with E-state index in [2.05, 4.69) is 16.7 Å². The number of thiophene rings is 1. The van der Waals surface area contributed by atoms with Gasteiger partial charge in [0.25, 0.3) is 0 Å². The van der Waals surface area contributed by atoms with Crippen molar-refractivity contribution < 1.29 is 4.79 Å². The third-order valence-corrected chi connectivity index (χ3v) is 7.54. The number of nitrogens with zero attached hydrogens (tertiary/aromatic N) is 2. The van der Waals surface area contributed by atoms with Crippen LogP contribution in [0.5, 0.6) is 0 Å². The maximum absolute atomic E-state index is 12.1. The van der Waals surface area contributed by atoms with E-state index in [9.17, 15) is 4.79 Å². The van der Waals surface area contributed by atoms with E-state index in [1.165, 1.54) is 84.1 Å². The monoisotopic (exact) mass is 390 g/mol. The Labute approximate surface area is 170 Å². The minimum Gasteiger partial charge on any atom is -0.303 e. The minimum absolute atomic E-state index is 0.317. The van der Waals surface area contributed by atoms with Crippen molar-refractivity contribution in [3.8, 4) is 0 Å². The molecule has 0 bridgehead atoms. The van der Waals surface area contributed by atoms with Crippen LogP contribution in [0.4, 0.5) is 0 Å². The number of carbonyl (C=O) groups is 1. The van der Waals surface area contributed by atoms with Gasteiger partial charge in [0.2, 0.25) is 0 Å². The molecule has 27 heavy (non-hydrogen) atoms. The lowest BCUT2D eigenvalue weighted by Gasteiger charge is -2.33. The standard InChI is InChI=1S/C23H38N2OS/c1-2-13-24-14-8-20(9-15-24)5-3-6-21-10-16-25(17-11-21)18-12-22(26)23-7-4-19-27-23/h4,7,19-21H,2-3,5-6,8-18H2,1H3. The van der Waals surface area contributed by atoms with Crippen LogP contribution in [0.25, 0.3) is 0 Å². The molecule has 2 aliphatic rings. The molecule has 0 radical (unpaired) electrons. The third kappa shape index (κ3) is 6.99. The minimum atomic E-state index is 0.317. The molecule has 3 nitrogen and oxygen atoms in total. The molecule has 2 saturated heterocycles. The Hall–Kier alpha value is -0.710. The summed E-state index contributed by atoms with van der Waals surface area (Å²) in [7, 11) is 0. The Kier molecular flexibility index (Phi) is 8.82. The van der Waals surface area contributed by atoms with Crippen molar-refractivity contribution in [1.29, 1.82) is 0 Å². The van der Waals surface area contributed by atoms with Crippen LogP contribution in [0, 0.1) is 11.8 Å². The van der Waals surface area contributed by atoms with Crippen molar-refractivity contribution in [2.75, 3.05) is 39.3 Å². The Balaban J connectivity index is 1.23. The van der Waals surface area contributed by atoms with Crippen molar-refractivity contribution in [2.24, 2.45) is 11.8 Å². The molecule has 0 unspecified atom stereocenters. The SMILES string of the molecule is CCCN1CCC(CCCC2CCN(CCC(=O)c3cccs3)CC2)CC1. The molecule has 3 heterocycles. The van der Waals surface area contributed by atoms with Gasteiger partial charge in [0, 0.05) is 13.0 Å². The molecule has 3 rings (SSSR count). The molecule has 2 aliphatic heterocycles. The lowest BCUT2D eigenvalue weighted by atomic mass is 9.87. The highest BCUT2D eigenvalue weighted by Crippen LogP contribution is 2.27. The number of rotatable bonds is 10. The first-order valence-corrected chi connectivity index (χ1v) is 12.1. The molecule has 2 fully saturated rings. The first-order valence-electron chi connectivity index (χ1n) is 11.3. The highest BCUT2D eigenvalue weighted by atomic mass is 32.1. The van der Waals surface area contributed by atoms with Gasteiger partial charge < -0.3 is 9.80 Å². The summed E-state index contributed by atoms with van der Waals surface area (Å²) < 4.78 is 0. The van der Waals surface area contributed by atoms with E-state index in [0.717, 1.165) is 23.3 Å². The molecular formula is C23H38N2OS. The second kappa shape index (κ2) is 11.3. The molecule has 0 saturated carbocycles. The molecular weight excluding hydrogens is 352 g/mol. The lowest BCUT2D eigenvalue weighted by molar-refractivity contribution is 0.0953. The van der Waals surface area contributed by atoms with Crippen LogP contribution < -0.4 is 0 Å². The number of hydrogen-bond donors (Lipinski definition) is 0. The number of likely N-dealkylation sites (tertiary alicyclic amines) is 2. The van der Waals surface area contributed by atoms with Gasteiger partial charge in [-0.25, -0.2) is 0 Å². The molecule has 4 heteroatoms. The van der Waals surface area contributed by atoms with Gasteiger partial charge in [0.15, 0.2) is 5.78 Å². The first kappa shape index (κ1) is 21.0. The number of piperidine rings is 2. The Morgan fingerprint density at radius 3 is 2.11 bits per heavy atom. The van der Waals surface area contributed by atoms with Gasteiger partial charge in [-0.05, 0) is 88.1 Å². The third-order valence-electron chi connectivity index (χ3n) is 6.63. The number of ketones is 1. The van der Waals surface area contributed by atoms with Gasteiger partial charge in [-0.1, -0.05) is 32.3 Å². The molecule has 0 aliphatic carbocycles. The van der Waals surface area contributed by atoms with Gasteiger partial charge in [-0.3, -0.25) is 4.79 Å². The summed E-state index contributed by atoms with van der Waals surface area (Å²) in [6.07, 6.45) is 11.8. The highest BCUT2D eigenvalue weighted by Gasteiger charge is 2.22. The number of hydrogen-bond acceptors (Lipinski definition) is 4. The average Bonchev–Trinajstić information content (AvgIpc) is 3.24. The fourth-order valence-corrected chi connectivity index (χ4v) is 5.52. The summed E-state index contributed by atoms with van der Waals surface area (Å²) >= 11 is 1.57. The molecule has 0 aromatic carbocycles. The largest absolute Gasteiger partial charge is 0.303 e. The van der Waals surface area contributed by atoms with Crippen LogP contribution in [0.15, 0.2) is 17.5 Å². The summed E-state index contributed by atoms with van der Waals surface area (Å²) in [5.41, 5.74) is 0. The normalized spacial score (nSPS) is 20.9. The first-order chi connectivity index (χ1) is 13.2. The molecule has 0 atom stereocenters. The van der Waals surface area contributed by atoms with E-state index in [1.807, 2.05) is 17.5 Å². The van der Waals surface area contributed by atoms with Crippen LogP contribution in [-0.2, 0) is 0 Å². The molecule has 0 spiro atoms. The van der Waals surface area contributed by atoms with E-state index in [0.29, 0.717) is 12.2 Å².